The fraction of sp³-hybridized carbons (Fsp3) is 0.438. The highest BCUT2D eigenvalue weighted by Gasteiger charge is 2.21. The number of nitrogen functional groups attached to an aromatic ring is 1. The SMILES string of the molecule is CC(C)[C@H](CC(=O)OCc1ccccc1)Cc1nnc(N)o1. The van der Waals surface area contributed by atoms with E-state index in [1.54, 1.807) is 0 Å². The van der Waals surface area contributed by atoms with Crippen molar-refractivity contribution in [1.29, 1.82) is 0 Å². The van der Waals surface area contributed by atoms with Gasteiger partial charge in [0, 0.05) is 12.8 Å². The molecule has 0 saturated carbocycles. The summed E-state index contributed by atoms with van der Waals surface area (Å²) in [5.41, 5.74) is 6.39. The second-order valence-electron chi connectivity index (χ2n) is 5.59. The van der Waals surface area contributed by atoms with E-state index < -0.39 is 0 Å². The first-order valence-electron chi connectivity index (χ1n) is 7.32. The molecule has 0 bridgehead atoms. The van der Waals surface area contributed by atoms with Gasteiger partial charge < -0.3 is 14.9 Å². The molecule has 0 saturated heterocycles. The standard InChI is InChI=1S/C16H21N3O3/c1-11(2)13(8-14-18-19-16(17)22-14)9-15(20)21-10-12-6-4-3-5-7-12/h3-7,11,13H,8-10H2,1-2H3,(H2,17,19)/t13-/m0/s1. The third-order valence-electron chi connectivity index (χ3n) is 3.53. The Kier molecular flexibility index (Phi) is 5.52. The van der Waals surface area contributed by atoms with Crippen molar-refractivity contribution >= 4 is 12.0 Å². The van der Waals surface area contributed by atoms with E-state index in [1.807, 2.05) is 30.3 Å². The van der Waals surface area contributed by atoms with Gasteiger partial charge in [0.25, 0.3) is 0 Å². The number of hydrogen-bond donors (Lipinski definition) is 1. The Hall–Kier alpha value is -2.37. The van der Waals surface area contributed by atoms with E-state index in [9.17, 15) is 4.79 Å². The summed E-state index contributed by atoms with van der Waals surface area (Å²) in [4.78, 5) is 12.0. The molecule has 0 aliphatic rings. The molecular formula is C16H21N3O3. The molecule has 0 radical (unpaired) electrons. The van der Waals surface area contributed by atoms with Gasteiger partial charge in [-0.1, -0.05) is 49.3 Å². The lowest BCUT2D eigenvalue weighted by Crippen LogP contribution is -2.18. The molecule has 6 heteroatoms. The van der Waals surface area contributed by atoms with Crippen LogP contribution in [-0.2, 0) is 22.6 Å². The Balaban J connectivity index is 1.86. The molecule has 6 nitrogen and oxygen atoms in total. The van der Waals surface area contributed by atoms with Crippen LogP contribution in [0.1, 0.15) is 31.7 Å². The molecule has 22 heavy (non-hydrogen) atoms. The first kappa shape index (κ1) is 16.0. The molecule has 0 amide bonds. The summed E-state index contributed by atoms with van der Waals surface area (Å²) < 4.78 is 10.5. The van der Waals surface area contributed by atoms with Gasteiger partial charge in [0.2, 0.25) is 5.89 Å². The third-order valence-corrected chi connectivity index (χ3v) is 3.53. The normalized spacial score (nSPS) is 12.3. The summed E-state index contributed by atoms with van der Waals surface area (Å²) in [6, 6.07) is 9.66. The number of hydrogen-bond acceptors (Lipinski definition) is 6. The first-order chi connectivity index (χ1) is 10.5. The summed E-state index contributed by atoms with van der Waals surface area (Å²) in [5, 5.41) is 7.47. The first-order valence-corrected chi connectivity index (χ1v) is 7.32. The molecule has 118 valence electrons. The Bertz CT molecular complexity index is 596. The van der Waals surface area contributed by atoms with Crippen molar-refractivity contribution in [2.75, 3.05) is 5.73 Å². The van der Waals surface area contributed by atoms with E-state index in [0.717, 1.165) is 5.56 Å². The summed E-state index contributed by atoms with van der Waals surface area (Å²) in [6.07, 6.45) is 0.828. The van der Waals surface area contributed by atoms with Crippen molar-refractivity contribution in [3.63, 3.8) is 0 Å². The maximum atomic E-state index is 12.0. The number of benzene rings is 1. The Morgan fingerprint density at radius 1 is 1.27 bits per heavy atom. The fourth-order valence-electron chi connectivity index (χ4n) is 2.13. The van der Waals surface area contributed by atoms with Crippen molar-refractivity contribution in [3.8, 4) is 0 Å². The predicted molar refractivity (Wildman–Crippen MR) is 81.6 cm³/mol. The maximum Gasteiger partial charge on any atom is 0.312 e. The van der Waals surface area contributed by atoms with Gasteiger partial charge in [-0.2, -0.15) is 0 Å². The number of rotatable bonds is 7. The van der Waals surface area contributed by atoms with Gasteiger partial charge in [0.1, 0.15) is 6.61 Å². The smallest absolute Gasteiger partial charge is 0.312 e. The fourth-order valence-corrected chi connectivity index (χ4v) is 2.13. The summed E-state index contributed by atoms with van der Waals surface area (Å²) in [6.45, 7) is 4.39. The molecule has 0 aliphatic carbocycles. The van der Waals surface area contributed by atoms with Crippen LogP contribution < -0.4 is 5.73 Å². The van der Waals surface area contributed by atoms with Crippen LogP contribution in [0.3, 0.4) is 0 Å². The van der Waals surface area contributed by atoms with Crippen LogP contribution in [0, 0.1) is 11.8 Å². The number of esters is 1. The number of anilines is 1. The van der Waals surface area contributed by atoms with Gasteiger partial charge in [0.05, 0.1) is 0 Å². The third kappa shape index (κ3) is 4.87. The highest BCUT2D eigenvalue weighted by atomic mass is 16.5. The second kappa shape index (κ2) is 7.59. The van der Waals surface area contributed by atoms with Gasteiger partial charge in [-0.3, -0.25) is 4.79 Å². The molecule has 0 fully saturated rings. The van der Waals surface area contributed by atoms with E-state index in [0.29, 0.717) is 18.7 Å². The zero-order valence-corrected chi connectivity index (χ0v) is 12.9. The molecule has 2 N–H and O–H groups in total. The number of nitrogens with two attached hydrogens (primary N) is 1. The summed E-state index contributed by atoms with van der Waals surface area (Å²) in [7, 11) is 0. The van der Waals surface area contributed by atoms with Crippen LogP contribution in [0.15, 0.2) is 34.7 Å². The lowest BCUT2D eigenvalue weighted by atomic mass is 9.89. The van der Waals surface area contributed by atoms with Crippen LogP contribution in [0.2, 0.25) is 0 Å². The molecule has 0 aliphatic heterocycles. The average Bonchev–Trinajstić information content (AvgIpc) is 2.91. The molecule has 0 spiro atoms. The van der Waals surface area contributed by atoms with Crippen LogP contribution in [0.5, 0.6) is 0 Å². The van der Waals surface area contributed by atoms with Crippen molar-refractivity contribution in [2.45, 2.75) is 33.3 Å². The quantitative estimate of drug-likeness (QED) is 0.790. The van der Waals surface area contributed by atoms with Crippen LogP contribution in [0.4, 0.5) is 6.01 Å². The highest BCUT2D eigenvalue weighted by molar-refractivity contribution is 5.69. The number of nitrogens with zero attached hydrogens (tertiary/aromatic N) is 2. The molecule has 0 unspecified atom stereocenters. The predicted octanol–water partition coefficient (Wildman–Crippen LogP) is 2.60. The minimum absolute atomic E-state index is 0.0455. The van der Waals surface area contributed by atoms with Crippen molar-refractivity contribution in [1.82, 2.24) is 10.2 Å². The minimum atomic E-state index is -0.227. The maximum absolute atomic E-state index is 12.0. The average molecular weight is 303 g/mol. The van der Waals surface area contributed by atoms with Crippen LogP contribution >= 0.6 is 0 Å². The number of aromatic nitrogens is 2. The molecule has 1 aromatic carbocycles. The second-order valence-corrected chi connectivity index (χ2v) is 5.59. The van der Waals surface area contributed by atoms with Crippen molar-refractivity contribution < 1.29 is 13.9 Å². The molecule has 1 atom stereocenters. The number of ether oxygens (including phenoxy) is 1. The zero-order chi connectivity index (χ0) is 15.9. The van der Waals surface area contributed by atoms with E-state index in [4.69, 9.17) is 14.9 Å². The van der Waals surface area contributed by atoms with Gasteiger partial charge in [-0.25, -0.2) is 0 Å². The largest absolute Gasteiger partial charge is 0.461 e. The van der Waals surface area contributed by atoms with Crippen molar-refractivity contribution in [3.05, 3.63) is 41.8 Å². The molecule has 2 aromatic rings. The van der Waals surface area contributed by atoms with Gasteiger partial charge in [-0.15, -0.1) is 5.10 Å². The molecular weight excluding hydrogens is 282 g/mol. The van der Waals surface area contributed by atoms with E-state index >= 15 is 0 Å². The van der Waals surface area contributed by atoms with Crippen LogP contribution in [-0.4, -0.2) is 16.2 Å². The van der Waals surface area contributed by atoms with E-state index in [1.165, 1.54) is 0 Å². The molecule has 1 heterocycles. The number of carbonyl (C=O) groups excluding carboxylic acids is 1. The Morgan fingerprint density at radius 2 is 2.00 bits per heavy atom. The number of carbonyl (C=O) groups is 1. The zero-order valence-electron chi connectivity index (χ0n) is 12.9. The lowest BCUT2D eigenvalue weighted by Gasteiger charge is -2.18. The van der Waals surface area contributed by atoms with E-state index in [2.05, 4.69) is 24.0 Å². The summed E-state index contributed by atoms with van der Waals surface area (Å²) >= 11 is 0. The summed E-state index contributed by atoms with van der Waals surface area (Å²) in [5.74, 6) is 0.586. The van der Waals surface area contributed by atoms with Crippen LogP contribution in [0.25, 0.3) is 0 Å². The Morgan fingerprint density at radius 3 is 2.59 bits per heavy atom. The highest BCUT2D eigenvalue weighted by Crippen LogP contribution is 2.21. The van der Waals surface area contributed by atoms with Gasteiger partial charge in [-0.05, 0) is 17.4 Å². The van der Waals surface area contributed by atoms with Gasteiger partial charge in [0.15, 0.2) is 0 Å². The topological polar surface area (TPSA) is 91.2 Å². The molecule has 1 aromatic heterocycles. The van der Waals surface area contributed by atoms with Gasteiger partial charge >= 0.3 is 12.0 Å². The lowest BCUT2D eigenvalue weighted by molar-refractivity contribution is -0.146. The molecule has 2 rings (SSSR count). The van der Waals surface area contributed by atoms with Crippen molar-refractivity contribution in [2.24, 2.45) is 11.8 Å². The monoisotopic (exact) mass is 303 g/mol. The Labute approximate surface area is 129 Å². The minimum Gasteiger partial charge on any atom is -0.461 e. The van der Waals surface area contributed by atoms with E-state index in [-0.39, 0.29) is 30.4 Å².